The highest BCUT2D eigenvalue weighted by molar-refractivity contribution is 5.75. The highest BCUT2D eigenvalue weighted by Crippen LogP contribution is 2.23. The van der Waals surface area contributed by atoms with E-state index in [2.05, 4.69) is 26.1 Å². The van der Waals surface area contributed by atoms with Gasteiger partial charge in [-0.1, -0.05) is 252 Å². The Bertz CT molecular complexity index is 1140. The highest BCUT2D eigenvalue weighted by Gasteiger charge is 2.44. The molecule has 1 saturated heterocycles. The van der Waals surface area contributed by atoms with Crippen LogP contribution in [0.1, 0.15) is 290 Å². The van der Waals surface area contributed by atoms with Crippen molar-refractivity contribution >= 4 is 17.8 Å². The van der Waals surface area contributed by atoms with Gasteiger partial charge in [0.05, 0.1) is 6.61 Å². The summed E-state index contributed by atoms with van der Waals surface area (Å²) in [7, 11) is 0. The molecular weight excluding hydrogens is 859 g/mol. The van der Waals surface area contributed by atoms with Crippen LogP contribution < -0.4 is 5.32 Å². The summed E-state index contributed by atoms with van der Waals surface area (Å²) in [5.41, 5.74) is 0. The van der Waals surface area contributed by atoms with Gasteiger partial charge in [0, 0.05) is 25.8 Å². The molecule has 0 saturated carbocycles. The van der Waals surface area contributed by atoms with Crippen molar-refractivity contribution in [2.45, 2.75) is 327 Å². The van der Waals surface area contributed by atoms with Crippen LogP contribution in [-0.4, -0.2) is 89.7 Å². The molecule has 0 bridgehead atoms. The predicted octanol–water partition coefficient (Wildman–Crippen LogP) is 13.8. The third-order valence-electron chi connectivity index (χ3n) is 13.8. The van der Waals surface area contributed by atoms with Gasteiger partial charge in [-0.15, -0.1) is 0 Å². The minimum atomic E-state index is -1.59. The van der Waals surface area contributed by atoms with Crippen molar-refractivity contribution in [2.75, 3.05) is 19.8 Å². The van der Waals surface area contributed by atoms with E-state index in [-0.39, 0.29) is 44.5 Å². The maximum atomic E-state index is 13.0. The van der Waals surface area contributed by atoms with Crippen molar-refractivity contribution in [3.63, 3.8) is 0 Å². The van der Waals surface area contributed by atoms with Gasteiger partial charge in [0.1, 0.15) is 31.0 Å². The largest absolute Gasteiger partial charge is 0.462 e. The van der Waals surface area contributed by atoms with Crippen molar-refractivity contribution in [3.05, 3.63) is 0 Å². The van der Waals surface area contributed by atoms with E-state index in [4.69, 9.17) is 18.9 Å². The number of ether oxygens (including phenoxy) is 4. The third kappa shape index (κ3) is 38.0. The molecule has 1 amide bonds. The van der Waals surface area contributed by atoms with Crippen LogP contribution in [0.15, 0.2) is 0 Å². The van der Waals surface area contributed by atoms with E-state index in [9.17, 15) is 29.7 Å². The minimum absolute atomic E-state index is 0.0730. The number of nitrogens with one attached hydrogen (secondary N) is 1. The van der Waals surface area contributed by atoms with Gasteiger partial charge in [0.15, 0.2) is 12.4 Å². The number of amides is 1. The lowest BCUT2D eigenvalue weighted by atomic mass is 9.98. The third-order valence-corrected chi connectivity index (χ3v) is 13.8. The average Bonchev–Trinajstić information content (AvgIpc) is 3.33. The summed E-state index contributed by atoms with van der Waals surface area (Å²) in [6.45, 7) is 6.20. The Morgan fingerprint density at radius 2 is 0.765 bits per heavy atom. The number of aliphatic hydroxyl groups is 3. The standard InChI is InChI=1S/C57H109NO10/c1-4-7-10-13-16-19-22-25-28-31-34-37-40-43-51(59)58-46-50-54(62)55(63)56(64)57(68-50)66-48-49(67-53(61)45-42-39-36-33-30-27-24-21-18-15-12-9-6-3)47-65-52(60)44-41-38-35-32-29-26-23-20-17-14-11-8-5-2/h49-50,54-57,62-64H,4-48H2,1-3H3,(H,58,59)/t49-,50-,54-,55+,56-,57?/m1/s1. The first-order valence-electron chi connectivity index (χ1n) is 29.2. The van der Waals surface area contributed by atoms with Gasteiger partial charge in [-0.05, 0) is 19.3 Å². The van der Waals surface area contributed by atoms with Gasteiger partial charge in [-0.2, -0.15) is 0 Å². The first-order valence-corrected chi connectivity index (χ1v) is 29.2. The quantitative estimate of drug-likeness (QED) is 0.0341. The first kappa shape index (κ1) is 64.2. The number of unbranched alkanes of at least 4 members (excludes halogenated alkanes) is 36. The van der Waals surface area contributed by atoms with Crippen LogP contribution in [-0.2, 0) is 33.3 Å². The fourth-order valence-electron chi connectivity index (χ4n) is 9.22. The van der Waals surface area contributed by atoms with E-state index in [0.29, 0.717) is 12.8 Å². The summed E-state index contributed by atoms with van der Waals surface area (Å²) in [6, 6.07) is 0. The molecule has 0 aromatic heterocycles. The second-order valence-electron chi connectivity index (χ2n) is 20.4. The molecule has 0 spiro atoms. The number of esters is 2. The van der Waals surface area contributed by atoms with Crippen molar-refractivity contribution in [2.24, 2.45) is 0 Å². The zero-order valence-corrected chi connectivity index (χ0v) is 44.5. The van der Waals surface area contributed by atoms with Crippen LogP contribution in [0, 0.1) is 0 Å². The molecule has 402 valence electrons. The number of carbonyl (C=O) groups excluding carboxylic acids is 3. The molecule has 4 N–H and O–H groups in total. The number of hydrogen-bond acceptors (Lipinski definition) is 10. The summed E-state index contributed by atoms with van der Waals surface area (Å²) in [5, 5.41) is 35.0. The molecule has 0 aromatic carbocycles. The van der Waals surface area contributed by atoms with Crippen LogP contribution in [0.25, 0.3) is 0 Å². The molecule has 0 radical (unpaired) electrons. The number of hydrogen-bond donors (Lipinski definition) is 4. The van der Waals surface area contributed by atoms with Gasteiger partial charge in [0.25, 0.3) is 0 Å². The van der Waals surface area contributed by atoms with E-state index in [1.165, 1.54) is 186 Å². The Kier molecular flexibility index (Phi) is 44.9. The zero-order valence-electron chi connectivity index (χ0n) is 44.5. The topological polar surface area (TPSA) is 161 Å². The Hall–Kier alpha value is -1.79. The summed E-state index contributed by atoms with van der Waals surface area (Å²) >= 11 is 0. The van der Waals surface area contributed by atoms with Gasteiger partial charge in [-0.25, -0.2) is 0 Å². The fourth-order valence-corrected chi connectivity index (χ4v) is 9.22. The molecule has 68 heavy (non-hydrogen) atoms. The maximum Gasteiger partial charge on any atom is 0.306 e. The van der Waals surface area contributed by atoms with Crippen LogP contribution in [0.4, 0.5) is 0 Å². The summed E-state index contributed by atoms with van der Waals surface area (Å²) in [4.78, 5) is 38.5. The number of aliphatic hydroxyl groups excluding tert-OH is 3. The van der Waals surface area contributed by atoms with E-state index in [1.807, 2.05) is 0 Å². The Morgan fingerprint density at radius 3 is 1.15 bits per heavy atom. The molecule has 11 heteroatoms. The highest BCUT2D eigenvalue weighted by atomic mass is 16.7. The molecule has 0 aliphatic carbocycles. The summed E-state index contributed by atoms with van der Waals surface area (Å²) < 4.78 is 23.1. The molecule has 1 aliphatic heterocycles. The fraction of sp³-hybridized carbons (Fsp3) is 0.947. The Labute approximate surface area is 417 Å². The van der Waals surface area contributed by atoms with Gasteiger partial charge in [-0.3, -0.25) is 14.4 Å². The Balaban J connectivity index is 2.52. The maximum absolute atomic E-state index is 13.0. The second kappa shape index (κ2) is 47.5. The minimum Gasteiger partial charge on any atom is -0.462 e. The van der Waals surface area contributed by atoms with E-state index in [0.717, 1.165) is 57.8 Å². The van der Waals surface area contributed by atoms with Crippen molar-refractivity contribution < 1.29 is 48.7 Å². The normalized spacial score (nSPS) is 18.7. The van der Waals surface area contributed by atoms with Crippen LogP contribution in [0.5, 0.6) is 0 Å². The lowest BCUT2D eigenvalue weighted by Gasteiger charge is -2.40. The van der Waals surface area contributed by atoms with Gasteiger partial charge < -0.3 is 39.6 Å². The zero-order chi connectivity index (χ0) is 49.6. The molecule has 6 atom stereocenters. The molecule has 11 nitrogen and oxygen atoms in total. The number of rotatable bonds is 50. The molecule has 1 unspecified atom stereocenters. The molecule has 1 rings (SSSR count). The predicted molar refractivity (Wildman–Crippen MR) is 277 cm³/mol. The SMILES string of the molecule is CCCCCCCCCCCCCCCC(=O)NC[C@H]1OC(OC[C@@H](COC(=O)CCCCCCCCCCCCCCC)OC(=O)CCCCCCCCCCCCCCC)[C@H](O)[C@@H](O)[C@@H]1O. The van der Waals surface area contributed by atoms with Crippen LogP contribution >= 0.6 is 0 Å². The Morgan fingerprint density at radius 1 is 0.426 bits per heavy atom. The van der Waals surface area contributed by atoms with E-state index in [1.54, 1.807) is 0 Å². The van der Waals surface area contributed by atoms with Crippen LogP contribution in [0.3, 0.4) is 0 Å². The van der Waals surface area contributed by atoms with E-state index >= 15 is 0 Å². The first-order chi connectivity index (χ1) is 33.2. The molecular formula is C57H109NO10. The second-order valence-corrected chi connectivity index (χ2v) is 20.4. The van der Waals surface area contributed by atoms with Gasteiger partial charge >= 0.3 is 11.9 Å². The lowest BCUT2D eigenvalue weighted by Crippen LogP contribution is -2.60. The van der Waals surface area contributed by atoms with Gasteiger partial charge in [0.2, 0.25) is 5.91 Å². The molecule has 0 aromatic rings. The lowest BCUT2D eigenvalue weighted by molar-refractivity contribution is -0.299. The van der Waals surface area contributed by atoms with Crippen molar-refractivity contribution in [3.8, 4) is 0 Å². The van der Waals surface area contributed by atoms with Crippen molar-refractivity contribution in [1.82, 2.24) is 5.32 Å². The van der Waals surface area contributed by atoms with Crippen molar-refractivity contribution in [1.29, 1.82) is 0 Å². The smallest absolute Gasteiger partial charge is 0.306 e. The molecule has 1 aliphatic rings. The molecule has 1 heterocycles. The summed E-state index contributed by atoms with van der Waals surface area (Å²) in [5.74, 6) is -0.954. The average molecular weight is 968 g/mol. The van der Waals surface area contributed by atoms with Crippen LogP contribution in [0.2, 0.25) is 0 Å². The summed E-state index contributed by atoms with van der Waals surface area (Å²) in [6.07, 6.45) is 40.2. The molecule has 1 fully saturated rings. The van der Waals surface area contributed by atoms with E-state index < -0.39 is 42.8 Å². The number of carbonyl (C=O) groups is 3. The monoisotopic (exact) mass is 968 g/mol.